The number of anilines is 2. The second-order valence-electron chi connectivity index (χ2n) is 4.92. The molecule has 1 amide bonds. The molecule has 0 atom stereocenters. The lowest BCUT2D eigenvalue weighted by molar-refractivity contribution is 0.120. The van der Waals surface area contributed by atoms with Crippen LogP contribution >= 0.6 is 0 Å². The molecule has 0 aliphatic heterocycles. The third-order valence-electron chi connectivity index (χ3n) is 3.05. The summed E-state index contributed by atoms with van der Waals surface area (Å²) in [4.78, 5) is 13.8. The van der Waals surface area contributed by atoms with Crippen molar-refractivity contribution in [1.29, 1.82) is 0 Å². The van der Waals surface area contributed by atoms with Gasteiger partial charge in [-0.1, -0.05) is 12.8 Å². The number of nitrogen functional groups attached to an aromatic ring is 1. The number of carbonyl (C=O) groups excluding carboxylic acids is 1. The van der Waals surface area contributed by atoms with Crippen molar-refractivity contribution >= 4 is 17.7 Å². The maximum absolute atomic E-state index is 12.2. The molecule has 2 rings (SSSR count). The van der Waals surface area contributed by atoms with Crippen molar-refractivity contribution in [1.82, 2.24) is 10.2 Å². The average Bonchev–Trinajstić information content (AvgIpc) is 2.90. The van der Waals surface area contributed by atoms with Crippen molar-refractivity contribution < 1.29 is 9.53 Å². The Balaban J connectivity index is 2.19. The van der Waals surface area contributed by atoms with E-state index in [2.05, 4.69) is 10.2 Å². The summed E-state index contributed by atoms with van der Waals surface area (Å²) >= 11 is 0. The Bertz CT molecular complexity index is 410. The van der Waals surface area contributed by atoms with Crippen LogP contribution in [-0.4, -0.2) is 28.4 Å². The van der Waals surface area contributed by atoms with Gasteiger partial charge in [-0.3, -0.25) is 10.00 Å². The maximum Gasteiger partial charge on any atom is 0.416 e. The molecule has 1 saturated carbocycles. The molecule has 0 bridgehead atoms. The number of aromatic nitrogens is 2. The van der Waals surface area contributed by atoms with Gasteiger partial charge in [0.15, 0.2) is 5.82 Å². The van der Waals surface area contributed by atoms with E-state index in [1.54, 1.807) is 11.0 Å². The molecule has 0 spiro atoms. The highest BCUT2D eigenvalue weighted by atomic mass is 16.6. The zero-order chi connectivity index (χ0) is 13.1. The van der Waals surface area contributed by atoms with E-state index >= 15 is 0 Å². The van der Waals surface area contributed by atoms with E-state index in [-0.39, 0.29) is 18.2 Å². The number of aromatic amines is 1. The summed E-state index contributed by atoms with van der Waals surface area (Å²) in [5, 5.41) is 6.72. The topological polar surface area (TPSA) is 84.2 Å². The van der Waals surface area contributed by atoms with Gasteiger partial charge in [-0.2, -0.15) is 5.10 Å². The average molecular weight is 252 g/mol. The molecule has 0 radical (unpaired) electrons. The lowest BCUT2D eigenvalue weighted by Crippen LogP contribution is -2.40. The third-order valence-corrected chi connectivity index (χ3v) is 3.05. The van der Waals surface area contributed by atoms with Crippen molar-refractivity contribution in [3.8, 4) is 0 Å². The number of rotatable bonds is 3. The Hall–Kier alpha value is -1.72. The molecular weight excluding hydrogens is 232 g/mol. The quantitative estimate of drug-likeness (QED) is 0.864. The van der Waals surface area contributed by atoms with E-state index in [9.17, 15) is 4.79 Å². The lowest BCUT2D eigenvalue weighted by Gasteiger charge is -2.26. The van der Waals surface area contributed by atoms with Gasteiger partial charge in [0.2, 0.25) is 0 Å². The fourth-order valence-electron chi connectivity index (χ4n) is 2.30. The molecule has 3 N–H and O–H groups in total. The number of nitrogens with zero attached hydrogens (tertiary/aromatic N) is 2. The van der Waals surface area contributed by atoms with E-state index in [0.29, 0.717) is 11.6 Å². The molecule has 6 nitrogen and oxygen atoms in total. The number of nitrogens with two attached hydrogens (primary N) is 1. The maximum atomic E-state index is 12.2. The number of H-pyrrole nitrogens is 1. The van der Waals surface area contributed by atoms with E-state index in [4.69, 9.17) is 10.5 Å². The minimum absolute atomic E-state index is 0.141. The van der Waals surface area contributed by atoms with E-state index in [1.807, 2.05) is 13.8 Å². The number of carbonyl (C=O) groups is 1. The second kappa shape index (κ2) is 5.29. The van der Waals surface area contributed by atoms with Gasteiger partial charge in [0.1, 0.15) is 5.82 Å². The minimum atomic E-state index is -0.344. The zero-order valence-corrected chi connectivity index (χ0v) is 10.8. The van der Waals surface area contributed by atoms with Gasteiger partial charge in [0.05, 0.1) is 6.10 Å². The number of ether oxygens (including phenoxy) is 1. The first-order valence-corrected chi connectivity index (χ1v) is 6.38. The van der Waals surface area contributed by atoms with Crippen LogP contribution in [0.3, 0.4) is 0 Å². The number of nitrogens with one attached hydrogen (secondary N) is 1. The van der Waals surface area contributed by atoms with Crippen LogP contribution in [0.5, 0.6) is 0 Å². The monoisotopic (exact) mass is 252 g/mol. The Kier molecular flexibility index (Phi) is 3.74. The fraction of sp³-hybridized carbons (Fsp3) is 0.667. The molecule has 100 valence electrons. The Morgan fingerprint density at radius 2 is 2.22 bits per heavy atom. The first kappa shape index (κ1) is 12.7. The molecule has 1 aliphatic carbocycles. The molecule has 18 heavy (non-hydrogen) atoms. The van der Waals surface area contributed by atoms with Crippen molar-refractivity contribution in [2.75, 3.05) is 10.6 Å². The van der Waals surface area contributed by atoms with Crippen LogP contribution in [0.2, 0.25) is 0 Å². The van der Waals surface area contributed by atoms with Gasteiger partial charge in [0, 0.05) is 12.1 Å². The van der Waals surface area contributed by atoms with Crippen LogP contribution in [0, 0.1) is 0 Å². The summed E-state index contributed by atoms with van der Waals surface area (Å²) in [5.74, 6) is 0.996. The number of hydrogen-bond acceptors (Lipinski definition) is 4. The second-order valence-corrected chi connectivity index (χ2v) is 4.92. The first-order chi connectivity index (χ1) is 8.58. The summed E-state index contributed by atoms with van der Waals surface area (Å²) < 4.78 is 5.28. The van der Waals surface area contributed by atoms with E-state index in [1.165, 1.54) is 0 Å². The molecule has 6 heteroatoms. The predicted molar refractivity (Wildman–Crippen MR) is 69.4 cm³/mol. The molecule has 0 unspecified atom stereocenters. The SMILES string of the molecule is CC(C)OC(=O)N(c1cc(N)[nH]n1)C1CCCC1. The van der Waals surface area contributed by atoms with Gasteiger partial charge in [-0.25, -0.2) is 4.79 Å². The van der Waals surface area contributed by atoms with Gasteiger partial charge in [-0.05, 0) is 26.7 Å². The molecule has 1 heterocycles. The fourth-order valence-corrected chi connectivity index (χ4v) is 2.30. The summed E-state index contributed by atoms with van der Waals surface area (Å²) in [5.41, 5.74) is 5.62. The number of hydrogen-bond donors (Lipinski definition) is 2. The van der Waals surface area contributed by atoms with Crippen LogP contribution in [0.25, 0.3) is 0 Å². The summed E-state index contributed by atoms with van der Waals surface area (Å²) in [6, 6.07) is 1.83. The molecule has 1 aliphatic rings. The largest absolute Gasteiger partial charge is 0.446 e. The highest BCUT2D eigenvalue weighted by molar-refractivity contribution is 5.87. The van der Waals surface area contributed by atoms with Crippen LogP contribution in [-0.2, 0) is 4.74 Å². The Morgan fingerprint density at radius 3 is 2.72 bits per heavy atom. The highest BCUT2D eigenvalue weighted by Gasteiger charge is 2.31. The zero-order valence-electron chi connectivity index (χ0n) is 10.8. The summed E-state index contributed by atoms with van der Waals surface area (Å²) in [7, 11) is 0. The molecule has 0 aromatic carbocycles. The van der Waals surface area contributed by atoms with Crippen molar-refractivity contribution in [2.24, 2.45) is 0 Å². The third kappa shape index (κ3) is 2.75. The predicted octanol–water partition coefficient (Wildman–Crippen LogP) is 2.29. The highest BCUT2D eigenvalue weighted by Crippen LogP contribution is 2.28. The van der Waals surface area contributed by atoms with Crippen LogP contribution in [0.4, 0.5) is 16.4 Å². The number of amides is 1. The van der Waals surface area contributed by atoms with Crippen LogP contribution in [0.15, 0.2) is 6.07 Å². The van der Waals surface area contributed by atoms with Gasteiger partial charge in [0.25, 0.3) is 0 Å². The van der Waals surface area contributed by atoms with Gasteiger partial charge in [-0.15, -0.1) is 0 Å². The van der Waals surface area contributed by atoms with E-state index < -0.39 is 0 Å². The van der Waals surface area contributed by atoms with Crippen LogP contribution < -0.4 is 10.6 Å². The lowest BCUT2D eigenvalue weighted by atomic mass is 10.2. The van der Waals surface area contributed by atoms with Gasteiger partial charge >= 0.3 is 6.09 Å². The Morgan fingerprint density at radius 1 is 1.56 bits per heavy atom. The molecule has 1 aromatic heterocycles. The minimum Gasteiger partial charge on any atom is -0.446 e. The summed E-state index contributed by atoms with van der Waals surface area (Å²) in [6.45, 7) is 3.67. The van der Waals surface area contributed by atoms with Crippen molar-refractivity contribution in [2.45, 2.75) is 51.7 Å². The normalized spacial score (nSPS) is 16.2. The van der Waals surface area contributed by atoms with Crippen LogP contribution in [0.1, 0.15) is 39.5 Å². The molecule has 1 fully saturated rings. The van der Waals surface area contributed by atoms with Crippen molar-refractivity contribution in [3.63, 3.8) is 0 Å². The Labute approximate surface area is 106 Å². The molecule has 0 saturated heterocycles. The van der Waals surface area contributed by atoms with Gasteiger partial charge < -0.3 is 10.5 Å². The smallest absolute Gasteiger partial charge is 0.416 e. The first-order valence-electron chi connectivity index (χ1n) is 6.38. The summed E-state index contributed by atoms with van der Waals surface area (Å²) in [6.07, 6.45) is 3.76. The van der Waals surface area contributed by atoms with Crippen molar-refractivity contribution in [3.05, 3.63) is 6.07 Å². The van der Waals surface area contributed by atoms with E-state index in [0.717, 1.165) is 25.7 Å². The molecular formula is C12H20N4O2. The standard InChI is InChI=1S/C12H20N4O2/c1-8(2)18-12(17)16(9-5-3-4-6-9)11-7-10(13)14-15-11/h7-9H,3-6H2,1-2H3,(H3,13,14,15). The molecule has 1 aromatic rings.